The summed E-state index contributed by atoms with van der Waals surface area (Å²) in [6, 6.07) is 3.63. The normalized spacial score (nSPS) is 14.7. The zero-order valence-electron chi connectivity index (χ0n) is 9.21. The molecule has 17 heavy (non-hydrogen) atoms. The Kier molecular flexibility index (Phi) is 3.68. The first kappa shape index (κ1) is 12.0. The van der Waals surface area contributed by atoms with Crippen LogP contribution in [0.4, 0.5) is 14.5 Å². The third-order valence-corrected chi connectivity index (χ3v) is 2.51. The number of benzene rings is 1. The van der Waals surface area contributed by atoms with Gasteiger partial charge in [0, 0.05) is 0 Å². The minimum absolute atomic E-state index is 0.132. The number of carbonyl (C=O) groups excluding carboxylic acids is 1. The Balaban J connectivity index is 1.82. The van der Waals surface area contributed by atoms with E-state index in [4.69, 9.17) is 4.74 Å². The van der Waals surface area contributed by atoms with E-state index in [1.807, 2.05) is 0 Å². The summed E-state index contributed by atoms with van der Waals surface area (Å²) in [5.74, 6) is -1.95. The number of hydrogen-bond donors (Lipinski definition) is 1. The van der Waals surface area contributed by atoms with Gasteiger partial charge in [-0.25, -0.2) is 8.78 Å². The van der Waals surface area contributed by atoms with Crippen molar-refractivity contribution in [2.24, 2.45) is 5.92 Å². The number of amides is 1. The van der Waals surface area contributed by atoms with Crippen LogP contribution in [0.1, 0.15) is 12.8 Å². The number of anilines is 1. The first-order valence-electron chi connectivity index (χ1n) is 5.48. The van der Waals surface area contributed by atoms with Crippen LogP contribution < -0.4 is 5.32 Å². The Hall–Kier alpha value is -1.49. The molecule has 1 N–H and O–H groups in total. The molecule has 1 saturated carbocycles. The Bertz CT molecular complexity index is 419. The highest BCUT2D eigenvalue weighted by Gasteiger charge is 2.21. The van der Waals surface area contributed by atoms with Gasteiger partial charge < -0.3 is 10.1 Å². The van der Waals surface area contributed by atoms with Gasteiger partial charge in [0.25, 0.3) is 0 Å². The molecule has 92 valence electrons. The van der Waals surface area contributed by atoms with E-state index in [0.29, 0.717) is 12.5 Å². The molecule has 0 atom stereocenters. The second-order valence-electron chi connectivity index (χ2n) is 4.11. The van der Waals surface area contributed by atoms with Crippen LogP contribution in [0.5, 0.6) is 0 Å². The Morgan fingerprint density at radius 3 is 2.88 bits per heavy atom. The first-order valence-corrected chi connectivity index (χ1v) is 5.48. The van der Waals surface area contributed by atoms with E-state index < -0.39 is 17.5 Å². The summed E-state index contributed by atoms with van der Waals surface area (Å²) >= 11 is 0. The second kappa shape index (κ2) is 5.23. The summed E-state index contributed by atoms with van der Waals surface area (Å²) in [7, 11) is 0. The van der Waals surface area contributed by atoms with E-state index in [9.17, 15) is 13.6 Å². The quantitative estimate of drug-likeness (QED) is 0.859. The van der Waals surface area contributed by atoms with Gasteiger partial charge >= 0.3 is 0 Å². The number of carbonyl (C=O) groups is 1. The zero-order valence-corrected chi connectivity index (χ0v) is 9.21. The molecule has 1 aliphatic carbocycles. The lowest BCUT2D eigenvalue weighted by Gasteiger charge is -2.07. The maximum atomic E-state index is 13.2. The summed E-state index contributed by atoms with van der Waals surface area (Å²) in [5, 5.41) is 2.27. The average molecular weight is 241 g/mol. The van der Waals surface area contributed by atoms with E-state index in [-0.39, 0.29) is 12.3 Å². The number of halogens is 2. The summed E-state index contributed by atoms with van der Waals surface area (Å²) in [6.07, 6.45) is 2.28. The predicted molar refractivity (Wildman–Crippen MR) is 58.5 cm³/mol. The maximum absolute atomic E-state index is 13.2. The molecule has 0 bridgehead atoms. The third-order valence-electron chi connectivity index (χ3n) is 2.51. The average Bonchev–Trinajstić information content (AvgIpc) is 3.09. The predicted octanol–water partition coefficient (Wildman–Crippen LogP) is 2.33. The van der Waals surface area contributed by atoms with Gasteiger partial charge in [0.15, 0.2) is 11.6 Å². The van der Waals surface area contributed by atoms with Gasteiger partial charge in [0.1, 0.15) is 6.61 Å². The summed E-state index contributed by atoms with van der Waals surface area (Å²) in [6.45, 7) is 0.422. The molecule has 0 saturated heterocycles. The highest BCUT2D eigenvalue weighted by Crippen LogP contribution is 2.28. The number of ether oxygens (including phenoxy) is 1. The Morgan fingerprint density at radius 2 is 2.18 bits per heavy atom. The van der Waals surface area contributed by atoms with Crippen molar-refractivity contribution in [2.75, 3.05) is 18.5 Å². The smallest absolute Gasteiger partial charge is 0.250 e. The molecule has 1 aromatic carbocycles. The van der Waals surface area contributed by atoms with E-state index in [1.54, 1.807) is 0 Å². The third kappa shape index (κ3) is 3.49. The first-order chi connectivity index (χ1) is 8.16. The van der Waals surface area contributed by atoms with E-state index in [2.05, 4.69) is 5.32 Å². The van der Waals surface area contributed by atoms with Crippen LogP contribution in [0, 0.1) is 17.6 Å². The highest BCUT2D eigenvalue weighted by atomic mass is 19.2. The van der Waals surface area contributed by atoms with Gasteiger partial charge in [0.05, 0.1) is 12.3 Å². The number of nitrogens with one attached hydrogen (secondary N) is 1. The fourth-order valence-corrected chi connectivity index (χ4v) is 1.39. The molecule has 2 rings (SSSR count). The van der Waals surface area contributed by atoms with Crippen molar-refractivity contribution in [3.8, 4) is 0 Å². The van der Waals surface area contributed by atoms with E-state index in [0.717, 1.165) is 18.9 Å². The van der Waals surface area contributed by atoms with Crippen molar-refractivity contribution in [1.29, 1.82) is 0 Å². The lowest BCUT2D eigenvalue weighted by Crippen LogP contribution is -2.19. The van der Waals surface area contributed by atoms with Crippen LogP contribution in [-0.4, -0.2) is 19.1 Å². The maximum Gasteiger partial charge on any atom is 0.250 e. The van der Waals surface area contributed by atoms with Crippen LogP contribution in [0.3, 0.4) is 0 Å². The highest BCUT2D eigenvalue weighted by molar-refractivity contribution is 5.91. The van der Waals surface area contributed by atoms with Crippen LogP contribution in [-0.2, 0) is 9.53 Å². The van der Waals surface area contributed by atoms with Gasteiger partial charge in [-0.15, -0.1) is 0 Å². The van der Waals surface area contributed by atoms with Gasteiger partial charge in [-0.3, -0.25) is 4.79 Å². The molecule has 0 radical (unpaired) electrons. The van der Waals surface area contributed by atoms with Crippen LogP contribution in [0.15, 0.2) is 18.2 Å². The molecule has 0 spiro atoms. The molecule has 0 unspecified atom stereocenters. The molecule has 1 amide bonds. The fraction of sp³-hybridized carbons (Fsp3) is 0.417. The molecule has 1 aromatic rings. The van der Waals surface area contributed by atoms with Gasteiger partial charge in [0.2, 0.25) is 5.91 Å². The fourth-order valence-electron chi connectivity index (χ4n) is 1.39. The van der Waals surface area contributed by atoms with Crippen LogP contribution >= 0.6 is 0 Å². The van der Waals surface area contributed by atoms with E-state index >= 15 is 0 Å². The summed E-state index contributed by atoms with van der Waals surface area (Å²) in [5.41, 5.74) is -0.162. The molecule has 0 heterocycles. The molecule has 3 nitrogen and oxygen atoms in total. The second-order valence-corrected chi connectivity index (χ2v) is 4.11. The monoisotopic (exact) mass is 241 g/mol. The molecule has 1 fully saturated rings. The largest absolute Gasteiger partial charge is 0.371 e. The molecule has 1 aliphatic rings. The SMILES string of the molecule is O=C(COCC1CC1)Nc1cccc(F)c1F. The van der Waals surface area contributed by atoms with Crippen molar-refractivity contribution >= 4 is 11.6 Å². The van der Waals surface area contributed by atoms with Crippen molar-refractivity contribution in [3.63, 3.8) is 0 Å². The van der Waals surface area contributed by atoms with Crippen molar-refractivity contribution in [2.45, 2.75) is 12.8 Å². The number of hydrogen-bond acceptors (Lipinski definition) is 2. The van der Waals surface area contributed by atoms with Crippen molar-refractivity contribution in [1.82, 2.24) is 0 Å². The summed E-state index contributed by atoms with van der Waals surface area (Å²) in [4.78, 5) is 11.4. The standard InChI is InChI=1S/C12H13F2NO2/c13-9-2-1-3-10(12(9)14)15-11(16)7-17-6-8-4-5-8/h1-3,8H,4-7H2,(H,15,16). The molecular formula is C12H13F2NO2. The lowest BCUT2D eigenvalue weighted by molar-refractivity contribution is -0.120. The van der Waals surface area contributed by atoms with Crippen LogP contribution in [0.2, 0.25) is 0 Å². The van der Waals surface area contributed by atoms with Gasteiger partial charge in [-0.1, -0.05) is 6.07 Å². The van der Waals surface area contributed by atoms with Gasteiger partial charge in [-0.05, 0) is 30.9 Å². The van der Waals surface area contributed by atoms with E-state index in [1.165, 1.54) is 12.1 Å². The Morgan fingerprint density at radius 1 is 1.41 bits per heavy atom. The lowest BCUT2D eigenvalue weighted by atomic mass is 10.3. The van der Waals surface area contributed by atoms with Gasteiger partial charge in [-0.2, -0.15) is 0 Å². The molecule has 0 aromatic heterocycles. The van der Waals surface area contributed by atoms with Crippen LogP contribution in [0.25, 0.3) is 0 Å². The zero-order chi connectivity index (χ0) is 12.3. The molecule has 0 aliphatic heterocycles. The molecule has 5 heteroatoms. The molecular weight excluding hydrogens is 228 g/mol. The minimum atomic E-state index is -1.05. The minimum Gasteiger partial charge on any atom is -0.371 e. The van der Waals surface area contributed by atoms with Crippen molar-refractivity contribution < 1.29 is 18.3 Å². The number of rotatable bonds is 5. The Labute approximate surface area is 97.8 Å². The topological polar surface area (TPSA) is 38.3 Å². The summed E-state index contributed by atoms with van der Waals surface area (Å²) < 4.78 is 31.2. The van der Waals surface area contributed by atoms with Crippen molar-refractivity contribution in [3.05, 3.63) is 29.8 Å².